The molecule has 0 fully saturated rings. The number of benzene rings is 7. The summed E-state index contributed by atoms with van der Waals surface area (Å²) in [5, 5.41) is 28.7. The van der Waals surface area contributed by atoms with Crippen LogP contribution in [0.25, 0.3) is 41.9 Å². The molecule has 14 rings (SSSR count). The Labute approximate surface area is 671 Å². The Kier molecular flexibility index (Phi) is 39.6. The molecule has 3 N–H and O–H groups in total. The maximum absolute atomic E-state index is 12.2. The number of ether oxygens (including phenoxy) is 3. The summed E-state index contributed by atoms with van der Waals surface area (Å²) in [6, 6.07) is 39.5. The number of aliphatic hydroxyl groups excluding tert-OH is 1. The molecule has 0 aromatic heterocycles. The average Bonchev–Trinajstić information content (AvgIpc) is 0.800. The van der Waals surface area contributed by atoms with Gasteiger partial charge < -0.3 is 33.7 Å². The second-order valence-electron chi connectivity index (χ2n) is 27.2. The zero-order valence-electron chi connectivity index (χ0n) is 65.4. The molecule has 0 bridgehead atoms. The first-order chi connectivity index (χ1) is 53.9. The third-order valence-corrected chi connectivity index (χ3v) is 20.1. The van der Waals surface area contributed by atoms with E-state index in [2.05, 4.69) is 142 Å². The molecule has 0 amide bonds. The highest BCUT2D eigenvalue weighted by Gasteiger charge is 2.49. The van der Waals surface area contributed by atoms with Crippen LogP contribution in [-0.2, 0) is 69.3 Å². The minimum Gasteiger partial charge on any atom is -0.508 e. The van der Waals surface area contributed by atoms with Crippen LogP contribution in [0.15, 0.2) is 184 Å². The molecule has 0 heterocycles. The Balaban J connectivity index is 0.000000200. The number of unbranched alkanes of at least 4 members (excludes halogenated alkanes) is 3. The highest BCUT2D eigenvalue weighted by atomic mass is 35.5. The van der Waals surface area contributed by atoms with Crippen LogP contribution in [0, 0.1) is 0 Å². The largest absolute Gasteiger partial charge is 0.534 e. The molecular weight excluding hydrogens is 1480 g/mol. The maximum Gasteiger partial charge on any atom is 0.534 e. The summed E-state index contributed by atoms with van der Waals surface area (Å²) >= 11 is 9.53. The van der Waals surface area contributed by atoms with Gasteiger partial charge in [0, 0.05) is 45.4 Å². The number of aryl methyl sites for hydroxylation is 2. The van der Waals surface area contributed by atoms with Gasteiger partial charge in [-0.1, -0.05) is 230 Å². The van der Waals surface area contributed by atoms with Gasteiger partial charge in [0.25, 0.3) is 0 Å². The van der Waals surface area contributed by atoms with E-state index in [1.807, 2.05) is 36.4 Å². The molecule has 7 aromatic carbocycles. The molecule has 18 heteroatoms. The lowest BCUT2D eigenvalue weighted by atomic mass is 9.89. The van der Waals surface area contributed by atoms with E-state index >= 15 is 0 Å². The molecule has 7 aromatic rings. The van der Waals surface area contributed by atoms with Crippen molar-refractivity contribution < 1.29 is 69.7 Å². The summed E-state index contributed by atoms with van der Waals surface area (Å²) in [5.41, 5.74) is 13.4. The molecule has 0 saturated carbocycles. The van der Waals surface area contributed by atoms with Crippen molar-refractivity contribution in [1.29, 1.82) is 0 Å². The molecule has 0 saturated heterocycles. The van der Waals surface area contributed by atoms with Crippen molar-refractivity contribution in [3.05, 3.63) is 284 Å². The number of aliphatic hydroxyl groups is 1. The van der Waals surface area contributed by atoms with Crippen LogP contribution in [0.3, 0.4) is 0 Å². The summed E-state index contributed by atoms with van der Waals surface area (Å²) in [5.74, 6) is 2.45. The lowest BCUT2D eigenvalue weighted by Crippen LogP contribution is -2.28. The quantitative estimate of drug-likeness (QED) is 0.0185. The van der Waals surface area contributed by atoms with Crippen LogP contribution in [0.1, 0.15) is 252 Å². The number of rotatable bonds is 18. The number of allylic oxidation sites excluding steroid dienone is 5. The van der Waals surface area contributed by atoms with Crippen molar-refractivity contribution in [2.24, 2.45) is 0 Å². The zero-order chi connectivity index (χ0) is 81.4. The Hall–Kier alpha value is -9.45. The Bertz CT molecular complexity index is 4550. The smallest absolute Gasteiger partial charge is 0.508 e. The van der Waals surface area contributed by atoms with E-state index < -0.39 is 15.6 Å². The fraction of sp³-hybridized carbons (Fsp3) is 0.351. The molecule has 7 aliphatic rings. The monoisotopic (exact) mass is 1590 g/mol. The maximum atomic E-state index is 12.2. The van der Waals surface area contributed by atoms with Gasteiger partial charge in [-0.25, -0.2) is 0 Å². The Morgan fingerprint density at radius 3 is 1.47 bits per heavy atom. The second-order valence-corrected chi connectivity index (χ2v) is 29.5. The van der Waals surface area contributed by atoms with Gasteiger partial charge in [-0.15, -0.1) is 23.2 Å². The minimum atomic E-state index is -5.61. The lowest BCUT2D eigenvalue weighted by Gasteiger charge is -2.21. The molecule has 598 valence electrons. The Morgan fingerprint density at radius 1 is 0.518 bits per heavy atom. The van der Waals surface area contributed by atoms with Crippen LogP contribution in [0.4, 0.5) is 13.2 Å². The molecule has 112 heavy (non-hydrogen) atoms. The van der Waals surface area contributed by atoms with Gasteiger partial charge in [0.1, 0.15) is 28.8 Å². The second kappa shape index (κ2) is 48.5. The summed E-state index contributed by atoms with van der Waals surface area (Å²) in [6.45, 7) is 23.6. The van der Waals surface area contributed by atoms with Crippen LogP contribution in [-0.4, -0.2) is 71.8 Å². The lowest BCUT2D eigenvalue weighted by molar-refractivity contribution is -0.0500. The van der Waals surface area contributed by atoms with Gasteiger partial charge in [-0.2, -0.15) is 21.6 Å². The third-order valence-electron chi connectivity index (χ3n) is 19.1. The number of aromatic hydroxyl groups is 2. The number of phenols is 2. The van der Waals surface area contributed by atoms with Gasteiger partial charge in [-0.3, -0.25) is 14.4 Å². The first-order valence-electron chi connectivity index (χ1n) is 38.7. The normalized spacial score (nSPS) is 14.4. The fourth-order valence-corrected chi connectivity index (χ4v) is 13.8. The van der Waals surface area contributed by atoms with E-state index in [0.717, 1.165) is 186 Å². The van der Waals surface area contributed by atoms with Gasteiger partial charge in [0.2, 0.25) is 0 Å². The number of hydrogen-bond acceptors (Lipinski definition) is 12. The van der Waals surface area contributed by atoms with Crippen LogP contribution in [0.5, 0.6) is 17.2 Å². The van der Waals surface area contributed by atoms with E-state index in [9.17, 15) is 51.3 Å². The topological polar surface area (TPSA) is 183 Å². The molecule has 1 atom stereocenters. The van der Waals surface area contributed by atoms with E-state index in [1.54, 1.807) is 56.3 Å². The standard InChI is InChI=1S/2C16H20O.2C12H12O.C11H9F3O3S.C10H12O2.C10H10O2.C6H12O.CH2Cl2/c2*1-3-4-12-17-13(2)15-11-7-9-14-8-5-6-10-16(14)15;2*1-9(13)11-8-4-6-10-5-2-3-7-12(10)11;12-11(13,14)18(15,16)17-10-7-3-5-8-4-1-2-6-9(8)10;2*11-9-5-1-3-7-8(9)4-2-6-10(7)12;1-3-5-6-7-4-2;2-1-3/h6-7,9-11H,2-5,8,12H2,1H3;5,7-9,11H,2-4,6,10,12H2,1H3;3-4,6-8H,2,5H2,1H3;2,4-6,8H,3,7H2,1H3;1,3-5,7H,2,6H2;1,3,5,10-12H,2,4,6H2;1,3,5,11H,2,4,6H2;4H,2-3,5-6H2,1H3;1H2. The highest BCUT2D eigenvalue weighted by molar-refractivity contribution is 7.88. The summed E-state index contributed by atoms with van der Waals surface area (Å²) in [4.78, 5) is 33.9. The number of carbonyl (C=O) groups excluding carboxylic acids is 3. The van der Waals surface area contributed by atoms with Crippen molar-refractivity contribution in [3.8, 4) is 17.2 Å². The van der Waals surface area contributed by atoms with Gasteiger partial charge >= 0.3 is 15.6 Å². The molecule has 0 spiro atoms. The first-order valence-corrected chi connectivity index (χ1v) is 41.2. The fourth-order valence-electron chi connectivity index (χ4n) is 13.3. The predicted octanol–water partition coefficient (Wildman–Crippen LogP) is 24.5. The van der Waals surface area contributed by atoms with Crippen molar-refractivity contribution in [1.82, 2.24) is 0 Å². The predicted molar refractivity (Wildman–Crippen MR) is 453 cm³/mol. The number of fused-ring (bicyclic) bond motifs is 7. The number of phenolic OH excluding ortho intramolecular Hbond substituents is 2. The molecule has 1 unspecified atom stereocenters. The summed E-state index contributed by atoms with van der Waals surface area (Å²) < 4.78 is 79.0. The first kappa shape index (κ1) is 91.4. The summed E-state index contributed by atoms with van der Waals surface area (Å²) in [6.07, 6.45) is 43.6. The number of Topliss-reactive ketones (excluding diaryl/α,β-unsaturated/α-hetero) is 3. The van der Waals surface area contributed by atoms with Gasteiger partial charge in [0.15, 0.2) is 17.3 Å². The average molecular weight is 1590 g/mol. The Morgan fingerprint density at radius 2 is 0.946 bits per heavy atom. The minimum absolute atomic E-state index is 0.156. The van der Waals surface area contributed by atoms with E-state index in [-0.39, 0.29) is 40.3 Å². The number of carbonyl (C=O) groups is 3. The molecule has 0 radical (unpaired) electrons. The third kappa shape index (κ3) is 28.3. The van der Waals surface area contributed by atoms with Crippen LogP contribution in [0.2, 0.25) is 0 Å². The number of hydrogen-bond donors (Lipinski definition) is 3. The van der Waals surface area contributed by atoms with E-state index in [4.69, 9.17) is 37.4 Å². The molecular formula is C94H109Cl2F3O12S. The van der Waals surface area contributed by atoms with E-state index in [0.29, 0.717) is 41.7 Å². The molecule has 7 aliphatic carbocycles. The number of alkyl halides is 5. The molecule has 0 aliphatic heterocycles. The molecule has 12 nitrogen and oxygen atoms in total. The SMILES string of the molecule is C=C(OCCCC)c1cccc2c1C=CCC2.C=C(OCCCC)c1cccc2c1CCC=C2.C=COCCCC.CC(=O)c1cccc2c1C=CCC2.CC(=O)c1cccc2c1CCC=C2.ClCCl.O=C1CCCc2c(O)cccc21.O=S(=O)(Oc1cccc2c1CCC=C2)C(F)(F)F.Oc1cccc2c1CCCC2O. The van der Waals surface area contributed by atoms with Crippen molar-refractivity contribution in [2.45, 2.75) is 187 Å². The van der Waals surface area contributed by atoms with Crippen LogP contribution < -0.4 is 4.18 Å². The van der Waals surface area contributed by atoms with Gasteiger partial charge in [-0.05, 0) is 209 Å². The number of ketones is 3. The van der Waals surface area contributed by atoms with Crippen molar-refractivity contribution in [2.75, 3.05) is 25.2 Å². The van der Waals surface area contributed by atoms with Crippen molar-refractivity contribution >= 4 is 92.6 Å². The number of halogens is 5. The van der Waals surface area contributed by atoms with E-state index in [1.165, 1.54) is 69.3 Å². The highest BCUT2D eigenvalue weighted by Crippen LogP contribution is 2.37. The zero-order valence-corrected chi connectivity index (χ0v) is 67.7. The van der Waals surface area contributed by atoms with Crippen LogP contribution >= 0.6 is 23.2 Å². The van der Waals surface area contributed by atoms with Gasteiger partial charge in [0.05, 0.1) is 37.5 Å². The van der Waals surface area contributed by atoms with Crippen molar-refractivity contribution in [3.63, 3.8) is 0 Å². The summed E-state index contributed by atoms with van der Waals surface area (Å²) in [7, 11) is -5.61.